The summed E-state index contributed by atoms with van der Waals surface area (Å²) in [4.78, 5) is 25.5. The Balaban J connectivity index is 4.33. The lowest BCUT2D eigenvalue weighted by Gasteiger charge is -2.18. The van der Waals surface area contributed by atoms with Crippen molar-refractivity contribution in [1.29, 1.82) is 0 Å². The molecule has 0 aliphatic rings. The Bertz CT molecular complexity index is 1290. The molecule has 70 heavy (non-hydrogen) atoms. The van der Waals surface area contributed by atoms with Gasteiger partial charge in [0.1, 0.15) is 6.61 Å². The summed E-state index contributed by atoms with van der Waals surface area (Å²) in [5.74, 6) is -0.534. The second-order valence-corrected chi connectivity index (χ2v) is 19.9. The first-order chi connectivity index (χ1) is 34.6. The fourth-order valence-electron chi connectivity index (χ4n) is 8.50. The van der Waals surface area contributed by atoms with Crippen molar-refractivity contribution in [3.05, 3.63) is 85.1 Å². The van der Waals surface area contributed by atoms with Gasteiger partial charge < -0.3 is 14.2 Å². The second kappa shape index (κ2) is 60.4. The maximum absolute atomic E-state index is 12.8. The second-order valence-electron chi connectivity index (χ2n) is 19.9. The monoisotopic (exact) mass is 975 g/mol. The van der Waals surface area contributed by atoms with Crippen LogP contribution in [-0.4, -0.2) is 37.9 Å². The topological polar surface area (TPSA) is 61.8 Å². The van der Waals surface area contributed by atoms with Crippen LogP contribution in [0.3, 0.4) is 0 Å². The van der Waals surface area contributed by atoms with Crippen LogP contribution in [0.4, 0.5) is 0 Å². The van der Waals surface area contributed by atoms with E-state index in [0.717, 1.165) is 64.2 Å². The number of ether oxygens (including phenoxy) is 3. The third-order valence-electron chi connectivity index (χ3n) is 12.9. The van der Waals surface area contributed by atoms with Gasteiger partial charge in [0, 0.05) is 13.0 Å². The van der Waals surface area contributed by atoms with Crippen molar-refractivity contribution in [1.82, 2.24) is 0 Å². The molecule has 0 bridgehead atoms. The number of carbonyl (C=O) groups excluding carboxylic acids is 2. The smallest absolute Gasteiger partial charge is 0.310 e. The maximum atomic E-state index is 12.8. The minimum Gasteiger partial charge on any atom is -0.462 e. The van der Waals surface area contributed by atoms with Gasteiger partial charge in [0.25, 0.3) is 0 Å². The molecule has 5 heteroatoms. The van der Waals surface area contributed by atoms with Crippen LogP contribution in [0.15, 0.2) is 85.1 Å². The summed E-state index contributed by atoms with van der Waals surface area (Å²) in [6.45, 7) is 7.62. The number of esters is 2. The van der Waals surface area contributed by atoms with Crippen molar-refractivity contribution in [2.45, 2.75) is 297 Å². The summed E-state index contributed by atoms with van der Waals surface area (Å²) in [5, 5.41) is 0. The van der Waals surface area contributed by atoms with Crippen LogP contribution in [-0.2, 0) is 23.8 Å². The van der Waals surface area contributed by atoms with Gasteiger partial charge in [-0.15, -0.1) is 0 Å². The number of hydrogen-bond acceptors (Lipinski definition) is 5. The van der Waals surface area contributed by atoms with Gasteiger partial charge in [0.05, 0.1) is 13.0 Å². The molecule has 0 aliphatic carbocycles. The normalized spacial score (nSPS) is 12.8. The molecule has 0 N–H and O–H groups in total. The molecular formula is C65H114O5. The fourth-order valence-corrected chi connectivity index (χ4v) is 8.50. The van der Waals surface area contributed by atoms with Gasteiger partial charge in [-0.3, -0.25) is 9.59 Å². The fraction of sp³-hybridized carbons (Fsp3) is 0.754. The number of carbonyl (C=O) groups is 2. The largest absolute Gasteiger partial charge is 0.462 e. The van der Waals surface area contributed by atoms with Crippen LogP contribution in [0, 0.1) is 0 Å². The molecule has 0 rings (SSSR count). The Hall–Kier alpha value is -2.92. The molecule has 0 aromatic heterocycles. The van der Waals surface area contributed by atoms with Crippen molar-refractivity contribution in [3.8, 4) is 0 Å². The number of hydrogen-bond donors (Lipinski definition) is 0. The lowest BCUT2D eigenvalue weighted by molar-refractivity contribution is -0.162. The Morgan fingerprint density at radius 3 is 1.13 bits per heavy atom. The number of allylic oxidation sites excluding steroid dienone is 13. The Kier molecular flexibility index (Phi) is 57.9. The number of rotatable bonds is 55. The molecule has 0 aromatic carbocycles. The van der Waals surface area contributed by atoms with Crippen LogP contribution in [0.2, 0.25) is 0 Å². The van der Waals surface area contributed by atoms with Gasteiger partial charge in [-0.2, -0.15) is 0 Å². The SMILES string of the molecule is CC/C=C\C/C=C\C/C=C\C/C=C\C/C=C\CC(=O)OC(COCCCCCCCCCCCC/C=C\C/C=C\CCCCC)COC(=O)CCCCCCCCCCCCCCCCCCCCC. The first-order valence-corrected chi connectivity index (χ1v) is 30.1. The zero-order valence-corrected chi connectivity index (χ0v) is 46.5. The molecule has 1 unspecified atom stereocenters. The predicted molar refractivity (Wildman–Crippen MR) is 307 cm³/mol. The van der Waals surface area contributed by atoms with Crippen LogP contribution >= 0.6 is 0 Å². The quantitative estimate of drug-likeness (QED) is 0.0345. The first kappa shape index (κ1) is 67.1. The lowest BCUT2D eigenvalue weighted by atomic mass is 10.0. The molecule has 5 nitrogen and oxygen atoms in total. The summed E-state index contributed by atoms with van der Waals surface area (Å²) < 4.78 is 17.4. The van der Waals surface area contributed by atoms with Crippen molar-refractivity contribution in [2.24, 2.45) is 0 Å². The molecular weight excluding hydrogens is 861 g/mol. The van der Waals surface area contributed by atoms with Crippen LogP contribution < -0.4 is 0 Å². The minimum absolute atomic E-state index is 0.0446. The summed E-state index contributed by atoms with van der Waals surface area (Å²) in [6, 6.07) is 0. The zero-order chi connectivity index (χ0) is 50.6. The zero-order valence-electron chi connectivity index (χ0n) is 46.5. The molecule has 0 spiro atoms. The van der Waals surface area contributed by atoms with E-state index >= 15 is 0 Å². The molecule has 0 radical (unpaired) electrons. The predicted octanol–water partition coefficient (Wildman–Crippen LogP) is 20.8. The molecule has 404 valence electrons. The van der Waals surface area contributed by atoms with E-state index in [1.807, 2.05) is 12.2 Å². The third-order valence-corrected chi connectivity index (χ3v) is 12.9. The van der Waals surface area contributed by atoms with Crippen LogP contribution in [0.25, 0.3) is 0 Å². The molecule has 0 saturated heterocycles. The summed E-state index contributed by atoms with van der Waals surface area (Å²) in [7, 11) is 0. The Morgan fingerprint density at radius 1 is 0.343 bits per heavy atom. The van der Waals surface area contributed by atoms with Crippen molar-refractivity contribution in [2.75, 3.05) is 19.8 Å². The Labute approximate surface area is 435 Å². The highest BCUT2D eigenvalue weighted by molar-refractivity contribution is 5.71. The van der Waals surface area contributed by atoms with Crippen molar-refractivity contribution < 1.29 is 23.8 Å². The van der Waals surface area contributed by atoms with Crippen molar-refractivity contribution in [3.63, 3.8) is 0 Å². The van der Waals surface area contributed by atoms with Gasteiger partial charge in [0.15, 0.2) is 6.10 Å². The summed E-state index contributed by atoms with van der Waals surface area (Å²) >= 11 is 0. The van der Waals surface area contributed by atoms with Gasteiger partial charge in [-0.25, -0.2) is 0 Å². The average Bonchev–Trinajstić information content (AvgIpc) is 3.36. The molecule has 1 atom stereocenters. The van der Waals surface area contributed by atoms with E-state index in [1.54, 1.807) is 0 Å². The molecule has 0 heterocycles. The first-order valence-electron chi connectivity index (χ1n) is 30.1. The summed E-state index contributed by atoms with van der Waals surface area (Å²) in [6.07, 6.45) is 80.7. The highest BCUT2D eigenvalue weighted by Gasteiger charge is 2.17. The number of unbranched alkanes of at least 4 members (excludes halogenated alkanes) is 31. The van der Waals surface area contributed by atoms with E-state index in [2.05, 4.69) is 93.7 Å². The van der Waals surface area contributed by atoms with E-state index in [9.17, 15) is 9.59 Å². The van der Waals surface area contributed by atoms with Crippen LogP contribution in [0.1, 0.15) is 290 Å². The highest BCUT2D eigenvalue weighted by atomic mass is 16.6. The van der Waals surface area contributed by atoms with E-state index in [-0.39, 0.29) is 31.6 Å². The minimum atomic E-state index is -0.595. The van der Waals surface area contributed by atoms with E-state index in [1.165, 1.54) is 193 Å². The summed E-state index contributed by atoms with van der Waals surface area (Å²) in [5.41, 5.74) is 0. The molecule has 0 saturated carbocycles. The van der Waals surface area contributed by atoms with Gasteiger partial charge in [-0.05, 0) is 77.0 Å². The van der Waals surface area contributed by atoms with Gasteiger partial charge in [-0.1, -0.05) is 286 Å². The van der Waals surface area contributed by atoms with E-state index < -0.39 is 6.10 Å². The van der Waals surface area contributed by atoms with Crippen molar-refractivity contribution >= 4 is 11.9 Å². The third kappa shape index (κ3) is 57.7. The van der Waals surface area contributed by atoms with Crippen LogP contribution in [0.5, 0.6) is 0 Å². The molecule has 0 aliphatic heterocycles. The molecule has 0 fully saturated rings. The van der Waals surface area contributed by atoms with E-state index in [0.29, 0.717) is 13.0 Å². The van der Waals surface area contributed by atoms with Gasteiger partial charge in [0.2, 0.25) is 0 Å². The van der Waals surface area contributed by atoms with Gasteiger partial charge >= 0.3 is 11.9 Å². The lowest BCUT2D eigenvalue weighted by Crippen LogP contribution is -2.29. The standard InChI is InChI=1S/C65H114O5/c1-4-7-10-13-16-19-22-25-28-30-32-34-36-39-42-45-48-51-54-57-60-68-61-63(70-65(67)59-56-53-50-47-44-41-37-27-24-21-18-15-12-9-6-3)62-69-64(66)58-55-52-49-46-43-40-38-35-33-31-29-26-23-20-17-14-11-8-5-2/h9,12,16,18-19,21,25,27-28,37,44,47,53,56,63H,4-8,10-11,13-15,17,20,22-24,26,29-36,38-43,45-46,48-52,54-55,57-62H2,1-3H3/b12-9-,19-16-,21-18-,28-25-,37-27-,47-44-,56-53-. The Morgan fingerprint density at radius 2 is 0.686 bits per heavy atom. The average molecular weight is 976 g/mol. The molecule has 0 aromatic rings. The molecule has 0 amide bonds. The highest BCUT2D eigenvalue weighted by Crippen LogP contribution is 2.16. The maximum Gasteiger partial charge on any atom is 0.310 e. The van der Waals surface area contributed by atoms with E-state index in [4.69, 9.17) is 14.2 Å².